The highest BCUT2D eigenvalue weighted by atomic mass is 32.1. The fourth-order valence-electron chi connectivity index (χ4n) is 11.2. The summed E-state index contributed by atoms with van der Waals surface area (Å²) in [5.74, 6) is 0. The van der Waals surface area contributed by atoms with Crippen molar-refractivity contribution in [1.82, 2.24) is 0 Å². The molecule has 0 heterocycles. The van der Waals surface area contributed by atoms with Gasteiger partial charge in [-0.1, -0.05) is 170 Å². The van der Waals surface area contributed by atoms with E-state index in [4.69, 9.17) is 0 Å². The van der Waals surface area contributed by atoms with Gasteiger partial charge in [0.15, 0.2) is 0 Å². The quantitative estimate of drug-likeness (QED) is 0.0919. The fraction of sp³-hybridized carbons (Fsp3) is 0.143. The van der Waals surface area contributed by atoms with Gasteiger partial charge in [0.1, 0.15) is 0 Å². The lowest BCUT2D eigenvalue weighted by atomic mass is 10.0. The van der Waals surface area contributed by atoms with E-state index >= 15 is 0 Å². The van der Waals surface area contributed by atoms with E-state index in [9.17, 15) is 0 Å². The van der Waals surface area contributed by atoms with Crippen molar-refractivity contribution in [1.29, 1.82) is 0 Å². The van der Waals surface area contributed by atoms with E-state index in [1.165, 1.54) is 125 Å². The maximum atomic E-state index is 4.55. The second-order valence-corrected chi connectivity index (χ2v) is 22.2. The molecule has 0 aliphatic heterocycles. The first-order valence-corrected chi connectivity index (χ1v) is 28.6. The lowest BCUT2D eigenvalue weighted by Crippen LogP contribution is -2.27. The Morgan fingerprint density at radius 2 is 0.640 bits per heavy atom. The molecule has 5 aliphatic carbocycles. The average Bonchev–Trinajstić information content (AvgIpc) is 3.46. The van der Waals surface area contributed by atoms with Gasteiger partial charge in [0.2, 0.25) is 0 Å². The number of hydrogen-bond acceptors (Lipinski definition) is 5. The first kappa shape index (κ1) is 51.1. The molecule has 75 heavy (non-hydrogen) atoms. The second-order valence-electron chi connectivity index (χ2n) is 19.7. The lowest BCUT2D eigenvalue weighted by molar-refractivity contribution is 1.12. The van der Waals surface area contributed by atoms with Crippen molar-refractivity contribution in [3.63, 3.8) is 0 Å². The monoisotopic (exact) mass is 1060 g/mol. The van der Waals surface area contributed by atoms with Gasteiger partial charge >= 0.3 is 0 Å². The summed E-state index contributed by atoms with van der Waals surface area (Å²) in [5, 5.41) is 26.7. The van der Waals surface area contributed by atoms with E-state index in [0.29, 0.717) is 0 Å². The molecule has 370 valence electrons. The van der Waals surface area contributed by atoms with Crippen molar-refractivity contribution in [3.8, 4) is 0 Å². The van der Waals surface area contributed by atoms with E-state index in [0.717, 1.165) is 69.4 Å². The van der Waals surface area contributed by atoms with Crippen LogP contribution in [-0.4, -0.2) is 0 Å². The van der Waals surface area contributed by atoms with E-state index < -0.39 is 0 Å². The standard InChI is InChI=1S/5C14H12S/c15-14-9-10-5-1-2-6-11(10)12-7-3-4-8-13(12)14;15-13-7-3-5-11-9-8-10-4-1-2-6-12(10)14(11)13;15-14-7-3-6-12-11-5-2-1-4-10(11)8-9-13(12)14;15-12-7-8-14-11(9-12)6-5-10-3-1-2-4-13(10)14;15-12-8-7-11-6-5-10-3-1-2-4-13(10)14(11)9-12/h5*3-9,15H,1-2H2. The van der Waals surface area contributed by atoms with Crippen LogP contribution in [0, 0.1) is 0 Å². The molecule has 15 rings (SSSR count). The summed E-state index contributed by atoms with van der Waals surface area (Å²) in [7, 11) is 0. The van der Waals surface area contributed by atoms with E-state index in [-0.39, 0.29) is 0 Å². The molecule has 0 spiro atoms. The minimum absolute atomic E-state index is 1.03. The van der Waals surface area contributed by atoms with E-state index in [1.807, 2.05) is 12.1 Å². The van der Waals surface area contributed by atoms with Crippen molar-refractivity contribution in [3.05, 3.63) is 204 Å². The lowest BCUT2D eigenvalue weighted by Gasteiger charge is -2.06. The van der Waals surface area contributed by atoms with Crippen LogP contribution >= 0.6 is 63.1 Å². The molecule has 0 unspecified atom stereocenters. The molecule has 5 aliphatic rings. The summed E-state index contributed by atoms with van der Waals surface area (Å²) in [6.07, 6.45) is 34.9. The number of benzene rings is 10. The Balaban J connectivity index is 0.000000100. The third-order valence-corrected chi connectivity index (χ3v) is 16.6. The smallest absolute Gasteiger partial charge is 0.0125 e. The van der Waals surface area contributed by atoms with Gasteiger partial charge in [-0.05, 0) is 207 Å². The molecule has 0 saturated carbocycles. The largest absolute Gasteiger partial charge is 0.143 e. The molecular formula is C70H60S5. The molecule has 0 N–H and O–H groups in total. The van der Waals surface area contributed by atoms with Gasteiger partial charge in [-0.3, -0.25) is 0 Å². The molecule has 0 saturated heterocycles. The fourth-order valence-corrected chi connectivity index (χ4v) is 12.6. The Kier molecular flexibility index (Phi) is 16.0. The number of hydrogen-bond donors (Lipinski definition) is 5. The molecule has 0 atom stereocenters. The van der Waals surface area contributed by atoms with Gasteiger partial charge in [-0.15, -0.1) is 63.1 Å². The molecule has 10 aromatic rings. The number of rotatable bonds is 0. The van der Waals surface area contributed by atoms with Crippen LogP contribution < -0.4 is 52.2 Å². The summed E-state index contributed by atoms with van der Waals surface area (Å²) in [5.41, 5.74) is 0. The van der Waals surface area contributed by atoms with Crippen molar-refractivity contribution in [2.24, 2.45) is 0 Å². The Morgan fingerprint density at radius 1 is 0.227 bits per heavy atom. The van der Waals surface area contributed by atoms with Crippen molar-refractivity contribution < 1.29 is 0 Å². The van der Waals surface area contributed by atoms with Gasteiger partial charge in [0, 0.05) is 29.9 Å². The van der Waals surface area contributed by atoms with Crippen LogP contribution in [-0.2, 0) is 0 Å². The molecule has 0 bridgehead atoms. The van der Waals surface area contributed by atoms with Crippen LogP contribution in [0.5, 0.6) is 0 Å². The second kappa shape index (κ2) is 23.5. The van der Waals surface area contributed by atoms with Gasteiger partial charge in [0.25, 0.3) is 0 Å². The number of fused-ring (bicyclic) bond motifs is 15. The number of thiol groups is 5. The first-order valence-electron chi connectivity index (χ1n) is 26.3. The first-order chi connectivity index (χ1) is 36.8. The molecule has 0 aromatic heterocycles. The highest BCUT2D eigenvalue weighted by molar-refractivity contribution is 7.81. The Morgan fingerprint density at radius 3 is 1.31 bits per heavy atom. The van der Waals surface area contributed by atoms with Crippen LogP contribution in [0.15, 0.2) is 176 Å². The Hall–Kier alpha value is -6.05. The zero-order valence-corrected chi connectivity index (χ0v) is 46.5. The van der Waals surface area contributed by atoms with Crippen molar-refractivity contribution in [2.45, 2.75) is 88.7 Å². The summed E-state index contributed by atoms with van der Waals surface area (Å²) >= 11 is 22.4. The van der Waals surface area contributed by atoms with Crippen LogP contribution in [0.4, 0.5) is 0 Å². The van der Waals surface area contributed by atoms with Gasteiger partial charge < -0.3 is 0 Å². The van der Waals surface area contributed by atoms with Gasteiger partial charge in [-0.25, -0.2) is 0 Å². The minimum Gasteiger partial charge on any atom is -0.143 e. The molecule has 0 nitrogen and oxygen atoms in total. The molecule has 0 fully saturated rings. The zero-order valence-electron chi connectivity index (χ0n) is 42.0. The van der Waals surface area contributed by atoms with Crippen LogP contribution in [0.1, 0.15) is 64.2 Å². The Bertz CT molecular complexity index is 4470. The SMILES string of the molecule is Sc1cc2c(c3ccccc13)=CCCC=2.Sc1ccc2c3c(ccc2c1)=CCCC=3.Sc1ccc2ccc3c(c2c1)=CCCC=3.Sc1cccc2c3c(ccc12)=CCCC=3.Sc1cccc2ccc3c(c12)=CCCC=3. The zero-order chi connectivity index (χ0) is 51.3. The van der Waals surface area contributed by atoms with Gasteiger partial charge in [0.05, 0.1) is 0 Å². The third-order valence-electron chi connectivity index (χ3n) is 14.9. The maximum Gasteiger partial charge on any atom is 0.0125 e. The van der Waals surface area contributed by atoms with Crippen LogP contribution in [0.2, 0.25) is 0 Å². The molecule has 5 heteroatoms. The molecular weight excluding hydrogens is 1000 g/mol. The minimum atomic E-state index is 1.03. The van der Waals surface area contributed by atoms with Crippen molar-refractivity contribution in [2.75, 3.05) is 0 Å². The topological polar surface area (TPSA) is 0 Å². The summed E-state index contributed by atoms with van der Waals surface area (Å²) < 4.78 is 0. The summed E-state index contributed by atoms with van der Waals surface area (Å²) in [6.45, 7) is 0. The van der Waals surface area contributed by atoms with Crippen LogP contribution in [0.3, 0.4) is 0 Å². The maximum absolute atomic E-state index is 4.55. The van der Waals surface area contributed by atoms with Crippen LogP contribution in [0.25, 0.3) is 115 Å². The predicted molar refractivity (Wildman–Crippen MR) is 343 cm³/mol. The predicted octanol–water partition coefficient (Wildman–Crippen LogP) is 12.4. The van der Waals surface area contributed by atoms with Gasteiger partial charge in [-0.2, -0.15) is 0 Å². The van der Waals surface area contributed by atoms with E-state index in [2.05, 4.69) is 263 Å². The highest BCUT2D eigenvalue weighted by Gasteiger charge is 2.06. The Labute approximate surface area is 466 Å². The normalized spacial score (nSPS) is 14.2. The average molecular weight is 1060 g/mol. The van der Waals surface area contributed by atoms with E-state index in [1.54, 1.807) is 0 Å². The highest BCUT2D eigenvalue weighted by Crippen LogP contribution is 2.21. The summed E-state index contributed by atoms with van der Waals surface area (Å²) in [6, 6.07) is 53.5. The van der Waals surface area contributed by atoms with Crippen molar-refractivity contribution >= 4 is 178 Å². The molecule has 0 amide bonds. The molecule has 0 radical (unpaired) electrons. The summed E-state index contributed by atoms with van der Waals surface area (Å²) in [4.78, 5) is 5.29. The molecule has 10 aromatic carbocycles. The third kappa shape index (κ3) is 11.3.